The molecule has 0 heterocycles. The van der Waals surface area contributed by atoms with Crippen molar-refractivity contribution in [3.8, 4) is 0 Å². The fourth-order valence-corrected chi connectivity index (χ4v) is 2.27. The number of hydrogen-bond donors (Lipinski definition) is 1. The van der Waals surface area contributed by atoms with Crippen molar-refractivity contribution < 1.29 is 9.90 Å². The van der Waals surface area contributed by atoms with Crippen LogP contribution in [0.15, 0.2) is 12.2 Å². The smallest absolute Gasteiger partial charge is 0.161 e. The van der Waals surface area contributed by atoms with Gasteiger partial charge in [0, 0.05) is 5.92 Å². The second kappa shape index (κ2) is 2.45. The van der Waals surface area contributed by atoms with E-state index in [1.165, 1.54) is 0 Å². The lowest BCUT2D eigenvalue weighted by Crippen LogP contribution is -2.21. The number of aliphatic hydroxyl groups is 1. The van der Waals surface area contributed by atoms with Crippen molar-refractivity contribution in [1.82, 2.24) is 0 Å². The zero-order valence-electron chi connectivity index (χ0n) is 6.36. The number of carbonyl (C=O) groups excluding carboxylic acids is 1. The van der Waals surface area contributed by atoms with Crippen LogP contribution in [0.25, 0.3) is 0 Å². The second-order valence-corrected chi connectivity index (χ2v) is 3.51. The van der Waals surface area contributed by atoms with E-state index in [2.05, 4.69) is 12.2 Å². The number of carbonyl (C=O) groups is 1. The molecule has 0 aromatic carbocycles. The highest BCUT2D eigenvalue weighted by molar-refractivity contribution is 5.83. The number of ketones is 1. The quantitative estimate of drug-likeness (QED) is 0.593. The molecule has 2 aliphatic rings. The van der Waals surface area contributed by atoms with Gasteiger partial charge in [-0.2, -0.15) is 0 Å². The van der Waals surface area contributed by atoms with E-state index in [-0.39, 0.29) is 18.3 Å². The molecule has 1 unspecified atom stereocenters. The average molecular weight is 152 g/mol. The first-order valence-electron chi connectivity index (χ1n) is 4.13. The minimum Gasteiger partial charge on any atom is -0.389 e. The summed E-state index contributed by atoms with van der Waals surface area (Å²) in [4.78, 5) is 11.1. The molecule has 1 saturated carbocycles. The number of rotatable bonds is 2. The van der Waals surface area contributed by atoms with Crippen molar-refractivity contribution >= 4 is 5.78 Å². The molecule has 11 heavy (non-hydrogen) atoms. The summed E-state index contributed by atoms with van der Waals surface area (Å²) >= 11 is 0. The van der Waals surface area contributed by atoms with Crippen LogP contribution in [0.2, 0.25) is 0 Å². The topological polar surface area (TPSA) is 37.3 Å². The number of aliphatic hydroxyl groups excluding tert-OH is 1. The molecule has 0 saturated heterocycles. The van der Waals surface area contributed by atoms with Crippen molar-refractivity contribution in [3.63, 3.8) is 0 Å². The third kappa shape index (κ3) is 1.02. The van der Waals surface area contributed by atoms with Gasteiger partial charge in [-0.05, 0) is 24.7 Å². The van der Waals surface area contributed by atoms with Gasteiger partial charge in [-0.15, -0.1) is 0 Å². The van der Waals surface area contributed by atoms with E-state index in [1.54, 1.807) is 0 Å². The van der Waals surface area contributed by atoms with E-state index in [4.69, 9.17) is 5.11 Å². The Labute approximate surface area is 65.9 Å². The lowest BCUT2D eigenvalue weighted by atomic mass is 9.90. The molecule has 0 aromatic rings. The SMILES string of the molecule is O=C(CO)C1C[C@@H]2C=C[C@H]1C2. The Bertz CT molecular complexity index is 208. The highest BCUT2D eigenvalue weighted by Gasteiger charge is 2.38. The van der Waals surface area contributed by atoms with Crippen LogP contribution in [-0.4, -0.2) is 17.5 Å². The standard InChI is InChI=1S/C9H12O2/c10-5-9(11)8-4-6-1-2-7(8)3-6/h1-2,6-8,10H,3-5H2/t6-,7+,8?/m1/s1. The molecule has 1 fully saturated rings. The van der Waals surface area contributed by atoms with E-state index < -0.39 is 0 Å². The Hall–Kier alpha value is -0.630. The molecule has 0 amide bonds. The predicted molar refractivity (Wildman–Crippen MR) is 40.9 cm³/mol. The zero-order chi connectivity index (χ0) is 7.84. The van der Waals surface area contributed by atoms with E-state index in [0.717, 1.165) is 12.8 Å². The summed E-state index contributed by atoms with van der Waals surface area (Å²) in [5, 5.41) is 8.65. The van der Waals surface area contributed by atoms with Crippen LogP contribution in [-0.2, 0) is 4.79 Å². The first kappa shape index (κ1) is 7.04. The molecule has 2 rings (SSSR count). The van der Waals surface area contributed by atoms with Crippen LogP contribution in [0.1, 0.15) is 12.8 Å². The molecular formula is C9H12O2. The molecule has 0 radical (unpaired) electrons. The second-order valence-electron chi connectivity index (χ2n) is 3.51. The van der Waals surface area contributed by atoms with Gasteiger partial charge in [-0.25, -0.2) is 0 Å². The van der Waals surface area contributed by atoms with Crippen LogP contribution in [0.4, 0.5) is 0 Å². The molecule has 2 heteroatoms. The number of allylic oxidation sites excluding steroid dienone is 2. The molecule has 0 spiro atoms. The van der Waals surface area contributed by atoms with Gasteiger partial charge in [0.15, 0.2) is 5.78 Å². The predicted octanol–water partition coefficient (Wildman–Crippen LogP) is 0.760. The summed E-state index contributed by atoms with van der Waals surface area (Å²) in [7, 11) is 0. The van der Waals surface area contributed by atoms with Crippen LogP contribution in [0.5, 0.6) is 0 Å². The zero-order valence-corrected chi connectivity index (χ0v) is 6.36. The fourth-order valence-electron chi connectivity index (χ4n) is 2.27. The summed E-state index contributed by atoms with van der Waals surface area (Å²) < 4.78 is 0. The Morgan fingerprint density at radius 3 is 2.73 bits per heavy atom. The first-order chi connectivity index (χ1) is 5.31. The van der Waals surface area contributed by atoms with Gasteiger partial charge in [0.2, 0.25) is 0 Å². The van der Waals surface area contributed by atoms with Gasteiger partial charge in [0.25, 0.3) is 0 Å². The largest absolute Gasteiger partial charge is 0.389 e. The molecule has 0 aromatic heterocycles. The molecule has 2 nitrogen and oxygen atoms in total. The summed E-state index contributed by atoms with van der Waals surface area (Å²) in [5.74, 6) is 1.23. The molecule has 60 valence electrons. The third-order valence-electron chi connectivity index (χ3n) is 2.85. The monoisotopic (exact) mass is 152 g/mol. The van der Waals surface area contributed by atoms with Crippen LogP contribution < -0.4 is 0 Å². The lowest BCUT2D eigenvalue weighted by Gasteiger charge is -2.14. The van der Waals surface area contributed by atoms with Crippen molar-refractivity contribution in [2.45, 2.75) is 12.8 Å². The fraction of sp³-hybridized carbons (Fsp3) is 0.667. The summed E-state index contributed by atoms with van der Waals surface area (Å²) in [6, 6.07) is 0. The maximum Gasteiger partial charge on any atom is 0.161 e. The van der Waals surface area contributed by atoms with Gasteiger partial charge in [-0.1, -0.05) is 12.2 Å². The Morgan fingerprint density at radius 1 is 1.45 bits per heavy atom. The van der Waals surface area contributed by atoms with E-state index >= 15 is 0 Å². The average Bonchev–Trinajstić information content (AvgIpc) is 2.62. The van der Waals surface area contributed by atoms with Gasteiger partial charge in [0.1, 0.15) is 6.61 Å². The third-order valence-corrected chi connectivity index (χ3v) is 2.85. The Morgan fingerprint density at radius 2 is 2.27 bits per heavy atom. The summed E-state index contributed by atoms with van der Waals surface area (Å²) in [6.07, 6.45) is 6.44. The summed E-state index contributed by atoms with van der Waals surface area (Å²) in [5.41, 5.74) is 0. The molecule has 3 atom stereocenters. The molecule has 2 aliphatic carbocycles. The molecule has 0 aliphatic heterocycles. The lowest BCUT2D eigenvalue weighted by molar-refractivity contribution is -0.126. The number of hydrogen-bond acceptors (Lipinski definition) is 2. The van der Waals surface area contributed by atoms with Crippen molar-refractivity contribution in [3.05, 3.63) is 12.2 Å². The molecular weight excluding hydrogens is 140 g/mol. The highest BCUT2D eigenvalue weighted by Crippen LogP contribution is 2.43. The van der Waals surface area contributed by atoms with E-state index in [0.29, 0.717) is 11.8 Å². The first-order valence-corrected chi connectivity index (χ1v) is 4.13. The van der Waals surface area contributed by atoms with E-state index in [1.807, 2.05) is 0 Å². The molecule has 2 bridgehead atoms. The number of Topliss-reactive ketones (excluding diaryl/α,β-unsaturated/α-hetero) is 1. The van der Waals surface area contributed by atoms with Crippen LogP contribution >= 0.6 is 0 Å². The van der Waals surface area contributed by atoms with Gasteiger partial charge < -0.3 is 5.11 Å². The van der Waals surface area contributed by atoms with Gasteiger partial charge >= 0.3 is 0 Å². The van der Waals surface area contributed by atoms with Crippen molar-refractivity contribution in [2.75, 3.05) is 6.61 Å². The maximum absolute atomic E-state index is 11.1. The minimum absolute atomic E-state index is 0.0295. The Kier molecular flexibility index (Phi) is 1.57. The minimum atomic E-state index is -0.276. The van der Waals surface area contributed by atoms with Crippen molar-refractivity contribution in [2.24, 2.45) is 17.8 Å². The summed E-state index contributed by atoms with van der Waals surface area (Å²) in [6.45, 7) is -0.276. The van der Waals surface area contributed by atoms with E-state index in [9.17, 15) is 4.79 Å². The van der Waals surface area contributed by atoms with Crippen LogP contribution in [0, 0.1) is 17.8 Å². The maximum atomic E-state index is 11.1. The number of fused-ring (bicyclic) bond motifs is 2. The normalized spacial score (nSPS) is 39.9. The van der Waals surface area contributed by atoms with Gasteiger partial charge in [-0.3, -0.25) is 4.79 Å². The molecule has 1 N–H and O–H groups in total. The van der Waals surface area contributed by atoms with Gasteiger partial charge in [0.05, 0.1) is 0 Å². The highest BCUT2D eigenvalue weighted by atomic mass is 16.3. The van der Waals surface area contributed by atoms with Crippen LogP contribution in [0.3, 0.4) is 0 Å². The Balaban J connectivity index is 2.08. The van der Waals surface area contributed by atoms with Crippen molar-refractivity contribution in [1.29, 1.82) is 0 Å².